The van der Waals surface area contributed by atoms with Gasteiger partial charge in [0.2, 0.25) is 0 Å². The SMILES string of the molecule is CCn1nc(-c2ccccc2)c(C(C)=O)c(Nc2cc(Br)c3ncccc3c2)c1=O. The van der Waals surface area contributed by atoms with Crippen molar-refractivity contribution in [3.8, 4) is 11.3 Å². The van der Waals surface area contributed by atoms with Crippen LogP contribution >= 0.6 is 15.9 Å². The average molecular weight is 463 g/mol. The lowest BCUT2D eigenvalue weighted by atomic mass is 10.0. The number of hydrogen-bond donors (Lipinski definition) is 1. The van der Waals surface area contributed by atoms with Gasteiger partial charge >= 0.3 is 0 Å². The predicted molar refractivity (Wildman–Crippen MR) is 122 cm³/mol. The van der Waals surface area contributed by atoms with Crippen molar-refractivity contribution in [3.63, 3.8) is 0 Å². The smallest absolute Gasteiger partial charge is 0.291 e. The molecule has 30 heavy (non-hydrogen) atoms. The molecule has 2 heterocycles. The second kappa shape index (κ2) is 8.20. The number of carbonyl (C=O) groups is 1. The molecule has 0 aliphatic heterocycles. The number of benzene rings is 2. The van der Waals surface area contributed by atoms with E-state index in [9.17, 15) is 9.59 Å². The summed E-state index contributed by atoms with van der Waals surface area (Å²) in [6, 6.07) is 16.9. The zero-order valence-corrected chi connectivity index (χ0v) is 18.1. The lowest BCUT2D eigenvalue weighted by Gasteiger charge is -2.16. The molecule has 2 aromatic heterocycles. The first-order valence-corrected chi connectivity index (χ1v) is 10.3. The van der Waals surface area contributed by atoms with Crippen molar-refractivity contribution in [1.29, 1.82) is 0 Å². The number of nitrogens with one attached hydrogen (secondary N) is 1. The zero-order valence-electron chi connectivity index (χ0n) is 16.5. The highest BCUT2D eigenvalue weighted by Crippen LogP contribution is 2.31. The highest BCUT2D eigenvalue weighted by atomic mass is 79.9. The first kappa shape index (κ1) is 20.0. The summed E-state index contributed by atoms with van der Waals surface area (Å²) in [6.07, 6.45) is 1.73. The summed E-state index contributed by atoms with van der Waals surface area (Å²) in [4.78, 5) is 30.1. The minimum Gasteiger partial charge on any atom is -0.350 e. The molecule has 150 valence electrons. The van der Waals surface area contributed by atoms with E-state index in [4.69, 9.17) is 0 Å². The molecule has 0 fully saturated rings. The van der Waals surface area contributed by atoms with Crippen LogP contribution in [0, 0.1) is 0 Å². The van der Waals surface area contributed by atoms with Crippen molar-refractivity contribution in [3.05, 3.63) is 81.2 Å². The normalized spacial score (nSPS) is 10.9. The second-order valence-corrected chi connectivity index (χ2v) is 7.65. The molecule has 1 N–H and O–H groups in total. The fourth-order valence-corrected chi connectivity index (χ4v) is 3.98. The summed E-state index contributed by atoms with van der Waals surface area (Å²) in [5, 5.41) is 8.57. The molecule has 7 heteroatoms. The second-order valence-electron chi connectivity index (χ2n) is 6.80. The summed E-state index contributed by atoms with van der Waals surface area (Å²) in [5.41, 5.74) is 2.90. The maximum Gasteiger partial charge on any atom is 0.291 e. The predicted octanol–water partition coefficient (Wildman–Crippen LogP) is 5.19. The summed E-state index contributed by atoms with van der Waals surface area (Å²) in [6.45, 7) is 3.68. The van der Waals surface area contributed by atoms with Crippen LogP contribution in [0.5, 0.6) is 0 Å². The van der Waals surface area contributed by atoms with Crippen LogP contribution in [0.15, 0.2) is 70.1 Å². The van der Waals surface area contributed by atoms with Gasteiger partial charge in [-0.05, 0) is 48.0 Å². The van der Waals surface area contributed by atoms with Crippen LogP contribution in [0.1, 0.15) is 24.2 Å². The minimum atomic E-state index is -0.343. The third kappa shape index (κ3) is 3.64. The number of fused-ring (bicyclic) bond motifs is 1. The molecule has 4 aromatic rings. The van der Waals surface area contributed by atoms with Gasteiger partial charge in [-0.15, -0.1) is 0 Å². The fraction of sp³-hybridized carbons (Fsp3) is 0.130. The van der Waals surface area contributed by atoms with E-state index in [1.807, 2.05) is 61.5 Å². The largest absolute Gasteiger partial charge is 0.350 e. The molecule has 0 radical (unpaired) electrons. The van der Waals surface area contributed by atoms with Crippen LogP contribution in [0.3, 0.4) is 0 Å². The van der Waals surface area contributed by atoms with Gasteiger partial charge in [0, 0.05) is 33.9 Å². The topological polar surface area (TPSA) is 76.9 Å². The van der Waals surface area contributed by atoms with Gasteiger partial charge in [0.1, 0.15) is 11.4 Å². The molecular weight excluding hydrogens is 444 g/mol. The van der Waals surface area contributed by atoms with Crippen LogP contribution in [-0.4, -0.2) is 20.5 Å². The van der Waals surface area contributed by atoms with Gasteiger partial charge in [0.25, 0.3) is 5.56 Å². The molecule has 0 atom stereocenters. The van der Waals surface area contributed by atoms with Crippen molar-refractivity contribution < 1.29 is 4.79 Å². The monoisotopic (exact) mass is 462 g/mol. The first-order valence-electron chi connectivity index (χ1n) is 9.52. The Labute approximate surface area is 181 Å². The van der Waals surface area contributed by atoms with Crippen LogP contribution in [0.2, 0.25) is 0 Å². The number of rotatable bonds is 5. The third-order valence-corrected chi connectivity index (χ3v) is 5.39. The molecule has 0 saturated heterocycles. The molecule has 0 saturated carbocycles. The van der Waals surface area contributed by atoms with E-state index in [0.717, 1.165) is 20.9 Å². The Morgan fingerprint density at radius 3 is 2.60 bits per heavy atom. The van der Waals surface area contributed by atoms with Crippen LogP contribution in [0.4, 0.5) is 11.4 Å². The average Bonchev–Trinajstić information content (AvgIpc) is 2.75. The highest BCUT2D eigenvalue weighted by molar-refractivity contribution is 9.10. The quantitative estimate of drug-likeness (QED) is 0.413. The highest BCUT2D eigenvalue weighted by Gasteiger charge is 2.22. The van der Waals surface area contributed by atoms with Gasteiger partial charge in [0.15, 0.2) is 5.78 Å². The van der Waals surface area contributed by atoms with Gasteiger partial charge < -0.3 is 5.32 Å². The molecule has 0 unspecified atom stereocenters. The van der Waals surface area contributed by atoms with Crippen molar-refractivity contribution in [1.82, 2.24) is 14.8 Å². The summed E-state index contributed by atoms with van der Waals surface area (Å²) in [5.74, 6) is -0.231. The maximum absolute atomic E-state index is 13.1. The number of pyridine rings is 1. The van der Waals surface area contributed by atoms with Gasteiger partial charge in [-0.1, -0.05) is 36.4 Å². The van der Waals surface area contributed by atoms with E-state index in [2.05, 4.69) is 31.3 Å². The van der Waals surface area contributed by atoms with E-state index in [0.29, 0.717) is 17.9 Å². The fourth-order valence-electron chi connectivity index (χ4n) is 3.41. The van der Waals surface area contributed by atoms with E-state index in [-0.39, 0.29) is 22.6 Å². The van der Waals surface area contributed by atoms with Gasteiger partial charge in [-0.2, -0.15) is 5.10 Å². The Kier molecular flexibility index (Phi) is 5.46. The molecule has 0 bridgehead atoms. The Hall–Kier alpha value is -3.32. The van der Waals surface area contributed by atoms with Crippen molar-refractivity contribution in [2.75, 3.05) is 5.32 Å². The number of carbonyl (C=O) groups excluding carboxylic acids is 1. The molecule has 0 amide bonds. The Morgan fingerprint density at radius 2 is 1.90 bits per heavy atom. The number of nitrogens with zero attached hydrogens (tertiary/aromatic N) is 3. The van der Waals surface area contributed by atoms with Crippen LogP contribution in [-0.2, 0) is 6.54 Å². The minimum absolute atomic E-state index is 0.216. The number of aryl methyl sites for hydroxylation is 1. The summed E-state index contributed by atoms with van der Waals surface area (Å²) >= 11 is 3.54. The summed E-state index contributed by atoms with van der Waals surface area (Å²) < 4.78 is 2.16. The standard InChI is InChI=1S/C23H19BrN4O2/c1-3-28-23(30)22(19(14(2)29)21(27-28)15-8-5-4-6-9-15)26-17-12-16-10-7-11-25-20(16)18(24)13-17/h4-13,26H,3H2,1-2H3. The number of Topliss-reactive ketones (excluding diaryl/α,β-unsaturated/α-hetero) is 1. The van der Waals surface area contributed by atoms with Crippen LogP contribution in [0.25, 0.3) is 22.2 Å². The van der Waals surface area contributed by atoms with E-state index in [1.54, 1.807) is 6.20 Å². The molecule has 0 aliphatic rings. The molecule has 0 aliphatic carbocycles. The van der Waals surface area contributed by atoms with E-state index < -0.39 is 0 Å². The van der Waals surface area contributed by atoms with Gasteiger partial charge in [0.05, 0.1) is 11.1 Å². The van der Waals surface area contributed by atoms with E-state index >= 15 is 0 Å². The van der Waals surface area contributed by atoms with Crippen molar-refractivity contribution >= 4 is 44.0 Å². The first-order chi connectivity index (χ1) is 14.5. The van der Waals surface area contributed by atoms with Crippen LogP contribution < -0.4 is 10.9 Å². The van der Waals surface area contributed by atoms with Crippen molar-refractivity contribution in [2.45, 2.75) is 20.4 Å². The molecular formula is C23H19BrN4O2. The lowest BCUT2D eigenvalue weighted by Crippen LogP contribution is -2.28. The third-order valence-electron chi connectivity index (χ3n) is 4.78. The maximum atomic E-state index is 13.1. The Morgan fingerprint density at radius 1 is 1.13 bits per heavy atom. The number of hydrogen-bond acceptors (Lipinski definition) is 5. The van der Waals surface area contributed by atoms with Crippen molar-refractivity contribution in [2.24, 2.45) is 0 Å². The Balaban J connectivity index is 1.95. The molecule has 2 aromatic carbocycles. The Bertz CT molecular complexity index is 1320. The van der Waals surface area contributed by atoms with Gasteiger partial charge in [-0.25, -0.2) is 4.68 Å². The number of ketones is 1. The molecule has 0 spiro atoms. The number of anilines is 2. The summed E-state index contributed by atoms with van der Waals surface area (Å²) in [7, 11) is 0. The van der Waals surface area contributed by atoms with E-state index in [1.165, 1.54) is 11.6 Å². The number of halogens is 1. The number of aromatic nitrogens is 3. The van der Waals surface area contributed by atoms with Gasteiger partial charge in [-0.3, -0.25) is 14.6 Å². The zero-order chi connectivity index (χ0) is 21.3. The lowest BCUT2D eigenvalue weighted by molar-refractivity contribution is 0.101. The molecule has 4 rings (SSSR count). The molecule has 6 nitrogen and oxygen atoms in total.